The molecule has 1 aromatic rings. The zero-order valence-corrected chi connectivity index (χ0v) is 12.2. The summed E-state index contributed by atoms with van der Waals surface area (Å²) in [6.45, 7) is 4.08. The number of ether oxygens (including phenoxy) is 2. The van der Waals surface area contributed by atoms with E-state index in [0.717, 1.165) is 0 Å². The molecule has 114 valence electrons. The zero-order chi connectivity index (χ0) is 15.4. The summed E-state index contributed by atoms with van der Waals surface area (Å²) in [6, 6.07) is 3.17. The second-order valence-corrected chi connectivity index (χ2v) is 4.65. The number of hydrogen-bond donors (Lipinski definition) is 1. The van der Waals surface area contributed by atoms with E-state index in [1.54, 1.807) is 12.1 Å². The molecule has 0 saturated carbocycles. The molecule has 0 aromatic heterocycles. The number of aliphatic hydroxyl groups is 1. The van der Waals surface area contributed by atoms with Crippen molar-refractivity contribution in [3.63, 3.8) is 0 Å². The monoisotopic (exact) mass is 293 g/mol. The van der Waals surface area contributed by atoms with E-state index in [1.807, 2.05) is 13.8 Å². The van der Waals surface area contributed by atoms with Crippen molar-refractivity contribution >= 4 is 17.9 Å². The van der Waals surface area contributed by atoms with Crippen LogP contribution in [0.3, 0.4) is 0 Å². The Bertz CT molecular complexity index is 543. The number of benzene rings is 1. The Morgan fingerprint density at radius 1 is 1.43 bits per heavy atom. The van der Waals surface area contributed by atoms with Gasteiger partial charge in [0.25, 0.3) is 5.91 Å². The summed E-state index contributed by atoms with van der Waals surface area (Å²) in [5.74, 6) is 0.665. The van der Waals surface area contributed by atoms with Crippen molar-refractivity contribution in [1.29, 1.82) is 0 Å². The summed E-state index contributed by atoms with van der Waals surface area (Å²) in [5.41, 5.74) is 0.860. The lowest BCUT2D eigenvalue weighted by atomic mass is 10.1. The topological polar surface area (TPSA) is 76.1 Å². The van der Waals surface area contributed by atoms with Crippen LogP contribution in [0, 0.1) is 0 Å². The molecule has 1 N–H and O–H groups in total. The van der Waals surface area contributed by atoms with E-state index in [-0.39, 0.29) is 19.1 Å². The molecule has 0 aliphatic carbocycles. The van der Waals surface area contributed by atoms with Crippen LogP contribution in [-0.2, 0) is 4.79 Å². The van der Waals surface area contributed by atoms with Gasteiger partial charge < -0.3 is 19.5 Å². The zero-order valence-electron chi connectivity index (χ0n) is 12.2. The second-order valence-electron chi connectivity index (χ2n) is 4.65. The molecule has 6 nitrogen and oxygen atoms in total. The van der Waals surface area contributed by atoms with E-state index < -0.39 is 6.10 Å². The number of nitrogens with zero attached hydrogens (tertiary/aromatic N) is 1. The van der Waals surface area contributed by atoms with Crippen molar-refractivity contribution in [3.8, 4) is 11.5 Å². The number of rotatable bonds is 6. The van der Waals surface area contributed by atoms with Crippen LogP contribution in [0.1, 0.15) is 30.6 Å². The lowest BCUT2D eigenvalue weighted by Gasteiger charge is -2.34. The number of carbonyl (C=O) groups excluding carboxylic acids is 2. The maximum Gasteiger partial charge on any atom is 0.268 e. The van der Waals surface area contributed by atoms with Gasteiger partial charge in [-0.3, -0.25) is 9.59 Å². The van der Waals surface area contributed by atoms with Crippen molar-refractivity contribution in [2.45, 2.75) is 26.4 Å². The van der Waals surface area contributed by atoms with Gasteiger partial charge >= 0.3 is 0 Å². The summed E-state index contributed by atoms with van der Waals surface area (Å²) >= 11 is 0. The van der Waals surface area contributed by atoms with Gasteiger partial charge in [-0.1, -0.05) is 6.92 Å². The van der Waals surface area contributed by atoms with Gasteiger partial charge in [-0.2, -0.15) is 0 Å². The molecule has 1 heterocycles. The molecule has 0 fully saturated rings. The van der Waals surface area contributed by atoms with Crippen LogP contribution < -0.4 is 14.4 Å². The highest BCUT2D eigenvalue weighted by Crippen LogP contribution is 2.43. The Morgan fingerprint density at radius 3 is 2.76 bits per heavy atom. The minimum atomic E-state index is -0.606. The quantitative estimate of drug-likeness (QED) is 0.802. The summed E-state index contributed by atoms with van der Waals surface area (Å²) in [5, 5.41) is 9.18. The Kier molecular flexibility index (Phi) is 4.80. The largest absolute Gasteiger partial charge is 0.490 e. The average Bonchev–Trinajstić information content (AvgIpc) is 2.50. The highest BCUT2D eigenvalue weighted by Gasteiger charge is 2.35. The number of carbonyl (C=O) groups is 2. The van der Waals surface area contributed by atoms with Crippen molar-refractivity contribution in [2.24, 2.45) is 0 Å². The number of aliphatic hydroxyl groups excluding tert-OH is 1. The van der Waals surface area contributed by atoms with E-state index in [0.29, 0.717) is 42.1 Å². The van der Waals surface area contributed by atoms with Gasteiger partial charge in [0, 0.05) is 12.1 Å². The predicted molar refractivity (Wildman–Crippen MR) is 77.1 cm³/mol. The number of β-amino-alcohol motifs (C(OH)–C–C–N with tert-alkyl or cyclic N) is 1. The van der Waals surface area contributed by atoms with Crippen LogP contribution >= 0.6 is 0 Å². The number of hydrogen-bond acceptors (Lipinski definition) is 5. The van der Waals surface area contributed by atoms with Crippen LogP contribution in [0.5, 0.6) is 11.5 Å². The standard InChI is InChI=1S/C15H19NO5/c1-3-12-15(19)16(5-6-17)11-7-10(9-18)8-13(20-4-2)14(11)21-12/h7-9,12,17H,3-6H2,1-2H3. The fourth-order valence-electron chi connectivity index (χ4n) is 2.33. The van der Waals surface area contributed by atoms with Gasteiger partial charge in [0.15, 0.2) is 17.6 Å². The molecule has 0 saturated heterocycles. The molecule has 1 amide bonds. The third-order valence-corrected chi connectivity index (χ3v) is 3.28. The maximum absolute atomic E-state index is 12.3. The molecule has 1 aromatic carbocycles. The molecule has 0 radical (unpaired) electrons. The first kappa shape index (κ1) is 15.3. The fourth-order valence-corrected chi connectivity index (χ4v) is 2.33. The van der Waals surface area contributed by atoms with Crippen molar-refractivity contribution < 1.29 is 24.2 Å². The number of anilines is 1. The van der Waals surface area contributed by atoms with E-state index >= 15 is 0 Å². The number of fused-ring (bicyclic) bond motifs is 1. The molecule has 0 bridgehead atoms. The molecule has 1 aliphatic rings. The number of amides is 1. The van der Waals surface area contributed by atoms with E-state index in [9.17, 15) is 14.7 Å². The number of aldehydes is 1. The Morgan fingerprint density at radius 2 is 2.19 bits per heavy atom. The van der Waals surface area contributed by atoms with Gasteiger partial charge in [-0.15, -0.1) is 0 Å². The molecular weight excluding hydrogens is 274 g/mol. The van der Waals surface area contributed by atoms with Gasteiger partial charge in [0.05, 0.1) is 18.9 Å². The molecule has 2 rings (SSSR count). The summed E-state index contributed by atoms with van der Waals surface area (Å²) < 4.78 is 11.3. The molecule has 1 aliphatic heterocycles. The van der Waals surface area contributed by atoms with E-state index in [1.165, 1.54) is 4.90 Å². The maximum atomic E-state index is 12.3. The smallest absolute Gasteiger partial charge is 0.268 e. The summed E-state index contributed by atoms with van der Waals surface area (Å²) in [6.07, 6.45) is 0.600. The third-order valence-electron chi connectivity index (χ3n) is 3.28. The SMILES string of the molecule is CCOc1cc(C=O)cc2c1OC(CC)C(=O)N2CCO. The highest BCUT2D eigenvalue weighted by atomic mass is 16.5. The first-order valence-electron chi connectivity index (χ1n) is 7.01. The lowest BCUT2D eigenvalue weighted by Crippen LogP contribution is -2.47. The van der Waals surface area contributed by atoms with Crippen molar-refractivity contribution in [1.82, 2.24) is 0 Å². The third kappa shape index (κ3) is 2.85. The van der Waals surface area contributed by atoms with Crippen LogP contribution in [0.15, 0.2) is 12.1 Å². The van der Waals surface area contributed by atoms with Crippen LogP contribution in [-0.4, -0.2) is 43.2 Å². The highest BCUT2D eigenvalue weighted by molar-refractivity contribution is 6.01. The Hall–Kier alpha value is -2.08. The Labute approximate surface area is 123 Å². The van der Waals surface area contributed by atoms with Gasteiger partial charge in [0.1, 0.15) is 6.29 Å². The van der Waals surface area contributed by atoms with E-state index in [2.05, 4.69) is 0 Å². The van der Waals surface area contributed by atoms with Crippen LogP contribution in [0.4, 0.5) is 5.69 Å². The molecular formula is C15H19NO5. The Balaban J connectivity index is 2.57. The first-order chi connectivity index (χ1) is 10.2. The second kappa shape index (κ2) is 6.58. The van der Waals surface area contributed by atoms with Crippen LogP contribution in [0.25, 0.3) is 0 Å². The molecule has 0 spiro atoms. The van der Waals surface area contributed by atoms with E-state index in [4.69, 9.17) is 9.47 Å². The first-order valence-corrected chi connectivity index (χ1v) is 7.01. The minimum absolute atomic E-state index is 0.152. The van der Waals surface area contributed by atoms with Gasteiger partial charge in [-0.05, 0) is 25.5 Å². The van der Waals surface area contributed by atoms with Crippen molar-refractivity contribution in [2.75, 3.05) is 24.7 Å². The van der Waals surface area contributed by atoms with Gasteiger partial charge in [-0.25, -0.2) is 0 Å². The summed E-state index contributed by atoms with van der Waals surface area (Å²) in [7, 11) is 0. The minimum Gasteiger partial charge on any atom is -0.490 e. The normalized spacial score (nSPS) is 17.2. The molecule has 1 unspecified atom stereocenters. The predicted octanol–water partition coefficient (Wildman–Crippen LogP) is 1.39. The molecule has 1 atom stereocenters. The van der Waals surface area contributed by atoms with Gasteiger partial charge in [0.2, 0.25) is 0 Å². The molecule has 21 heavy (non-hydrogen) atoms. The average molecular weight is 293 g/mol. The lowest BCUT2D eigenvalue weighted by molar-refractivity contribution is -0.126. The summed E-state index contributed by atoms with van der Waals surface area (Å²) in [4.78, 5) is 24.9. The van der Waals surface area contributed by atoms with Crippen molar-refractivity contribution in [3.05, 3.63) is 17.7 Å². The van der Waals surface area contributed by atoms with Crippen LogP contribution in [0.2, 0.25) is 0 Å². The fraction of sp³-hybridized carbons (Fsp3) is 0.467. The molecule has 6 heteroatoms.